The first-order valence-electron chi connectivity index (χ1n) is 5.74. The molecule has 0 N–H and O–H groups in total. The van der Waals surface area contributed by atoms with E-state index < -0.39 is 25.5 Å². The first kappa shape index (κ1) is 11.3. The summed E-state index contributed by atoms with van der Waals surface area (Å²) in [7, 11) is -3.36. The van der Waals surface area contributed by atoms with E-state index in [1.807, 2.05) is 0 Å². The lowest BCUT2D eigenvalue weighted by Gasteiger charge is -2.36. The summed E-state index contributed by atoms with van der Waals surface area (Å²) in [5, 5.41) is 0. The molecule has 2 bridgehead atoms. The normalized spacial score (nSPS) is 58.8. The van der Waals surface area contributed by atoms with E-state index in [0.29, 0.717) is 0 Å². The van der Waals surface area contributed by atoms with Crippen LogP contribution in [-0.4, -0.2) is 28.7 Å². The van der Waals surface area contributed by atoms with Crippen LogP contribution in [0.5, 0.6) is 0 Å². The summed E-state index contributed by atoms with van der Waals surface area (Å²) in [4.78, 5) is 5.44. The van der Waals surface area contributed by atoms with Gasteiger partial charge in [-0.1, -0.05) is 37.0 Å². The SMILES string of the molecule is CC1(C)[C@@H]2CC[C@@]13CS(=O)(=O)N1O[C@@]13C2(Cl)Cl. The van der Waals surface area contributed by atoms with E-state index in [4.69, 9.17) is 28.0 Å². The number of rotatable bonds is 0. The van der Waals surface area contributed by atoms with Crippen LogP contribution < -0.4 is 0 Å². The second kappa shape index (κ2) is 2.40. The highest BCUT2D eigenvalue weighted by molar-refractivity contribution is 7.89. The summed E-state index contributed by atoms with van der Waals surface area (Å²) in [6, 6.07) is 0. The van der Waals surface area contributed by atoms with Gasteiger partial charge < -0.3 is 0 Å². The average Bonchev–Trinajstić information content (AvgIpc) is 2.78. The third-order valence-corrected chi connectivity index (χ3v) is 8.36. The van der Waals surface area contributed by atoms with Crippen molar-refractivity contribution in [3.63, 3.8) is 0 Å². The second-order valence-corrected chi connectivity index (χ2v) is 9.41. The van der Waals surface area contributed by atoms with E-state index in [1.165, 1.54) is 0 Å². The molecule has 0 aromatic carbocycles. The van der Waals surface area contributed by atoms with Crippen LogP contribution in [0.2, 0.25) is 0 Å². The standard InChI is InChI=1S/C10H13Cl2NO3S/c1-7(2)6-3-4-8(7)5-17(14,15)13-10(8,16-13)9(6,11)12/h6H,3-5H2,1-2H3/t6-,8+,10-,13?/m0/s1. The van der Waals surface area contributed by atoms with Crippen LogP contribution in [0, 0.1) is 16.7 Å². The average molecular weight is 298 g/mol. The van der Waals surface area contributed by atoms with Gasteiger partial charge in [0.25, 0.3) is 0 Å². The molecule has 17 heavy (non-hydrogen) atoms. The monoisotopic (exact) mass is 297 g/mol. The van der Waals surface area contributed by atoms with Gasteiger partial charge in [0.15, 0.2) is 4.33 Å². The van der Waals surface area contributed by atoms with Crippen molar-refractivity contribution in [2.45, 2.75) is 36.7 Å². The fraction of sp³-hybridized carbons (Fsp3) is 1.00. The van der Waals surface area contributed by atoms with Crippen molar-refractivity contribution >= 4 is 33.2 Å². The van der Waals surface area contributed by atoms with Gasteiger partial charge in [0.2, 0.25) is 15.7 Å². The maximum absolute atomic E-state index is 12.1. The Morgan fingerprint density at radius 2 is 2.00 bits per heavy atom. The molecule has 4 aliphatic rings. The molecule has 0 aromatic heterocycles. The van der Waals surface area contributed by atoms with Crippen molar-refractivity contribution in [2.24, 2.45) is 16.7 Å². The molecule has 2 spiro atoms. The van der Waals surface area contributed by atoms with Crippen molar-refractivity contribution < 1.29 is 13.3 Å². The first-order chi connectivity index (χ1) is 7.64. The number of hydrogen-bond donors (Lipinski definition) is 0. The van der Waals surface area contributed by atoms with Gasteiger partial charge in [-0.2, -0.15) is 0 Å². The Balaban J connectivity index is 2.05. The van der Waals surface area contributed by atoms with Crippen molar-refractivity contribution in [3.05, 3.63) is 0 Å². The lowest BCUT2D eigenvalue weighted by Crippen LogP contribution is -2.48. The third-order valence-electron chi connectivity index (χ3n) is 5.62. The first-order valence-corrected chi connectivity index (χ1v) is 8.10. The van der Waals surface area contributed by atoms with Crippen molar-refractivity contribution in [3.8, 4) is 0 Å². The van der Waals surface area contributed by atoms with Gasteiger partial charge >= 0.3 is 0 Å². The van der Waals surface area contributed by atoms with E-state index in [1.54, 1.807) is 0 Å². The molecule has 2 saturated carbocycles. The summed E-state index contributed by atoms with van der Waals surface area (Å²) in [5.41, 5.74) is -1.66. The van der Waals surface area contributed by atoms with Crippen LogP contribution in [-0.2, 0) is 14.9 Å². The largest absolute Gasteiger partial charge is 0.251 e. The van der Waals surface area contributed by atoms with Crippen LogP contribution in [0.3, 0.4) is 0 Å². The Labute approximate surface area is 110 Å². The molecule has 96 valence electrons. The zero-order chi connectivity index (χ0) is 12.5. The Morgan fingerprint density at radius 1 is 1.35 bits per heavy atom. The van der Waals surface area contributed by atoms with Crippen LogP contribution in [0.25, 0.3) is 0 Å². The predicted octanol–water partition coefficient (Wildman–Crippen LogP) is 1.88. The van der Waals surface area contributed by atoms with Gasteiger partial charge in [-0.05, 0) is 22.7 Å². The fourth-order valence-corrected chi connectivity index (χ4v) is 8.56. The highest BCUT2D eigenvalue weighted by Gasteiger charge is 2.97. The summed E-state index contributed by atoms with van der Waals surface area (Å²) in [5.74, 6) is 0.198. The van der Waals surface area contributed by atoms with Gasteiger partial charge in [-0.3, -0.25) is 4.84 Å². The molecular weight excluding hydrogens is 285 g/mol. The molecule has 7 heteroatoms. The number of halogens is 2. The lowest BCUT2D eigenvalue weighted by atomic mass is 9.68. The van der Waals surface area contributed by atoms with E-state index in [2.05, 4.69) is 13.8 Å². The van der Waals surface area contributed by atoms with Crippen molar-refractivity contribution in [2.75, 3.05) is 5.75 Å². The van der Waals surface area contributed by atoms with Gasteiger partial charge in [-0.25, -0.2) is 8.42 Å². The molecule has 2 saturated heterocycles. The molecule has 0 amide bonds. The number of hydrogen-bond acceptors (Lipinski definition) is 3. The van der Waals surface area contributed by atoms with Crippen LogP contribution in [0.1, 0.15) is 26.7 Å². The highest BCUT2D eigenvalue weighted by Crippen LogP contribution is 2.85. The number of hydroxylamine groups is 1. The molecule has 0 aromatic rings. The smallest absolute Gasteiger partial charge is 0.239 e. The Hall–Kier alpha value is 0.450. The van der Waals surface area contributed by atoms with E-state index in [-0.39, 0.29) is 17.1 Å². The van der Waals surface area contributed by atoms with Gasteiger partial charge in [0.05, 0.1) is 5.75 Å². The van der Waals surface area contributed by atoms with Crippen LogP contribution >= 0.6 is 23.2 Å². The molecule has 2 heterocycles. The number of nitrogens with zero attached hydrogens (tertiary/aromatic N) is 1. The minimum atomic E-state index is -3.36. The molecule has 2 aliphatic heterocycles. The van der Waals surface area contributed by atoms with Crippen molar-refractivity contribution in [1.29, 1.82) is 0 Å². The number of fused-ring (bicyclic) bond motifs is 1. The molecule has 1 unspecified atom stereocenters. The quantitative estimate of drug-likeness (QED) is 0.507. The number of sulfonamides is 1. The van der Waals surface area contributed by atoms with Crippen LogP contribution in [0.4, 0.5) is 0 Å². The molecule has 4 nitrogen and oxygen atoms in total. The predicted molar refractivity (Wildman–Crippen MR) is 62.8 cm³/mol. The Kier molecular flexibility index (Phi) is 1.59. The van der Waals surface area contributed by atoms with Crippen molar-refractivity contribution in [1.82, 2.24) is 4.47 Å². The van der Waals surface area contributed by atoms with Gasteiger partial charge in [0.1, 0.15) is 0 Å². The maximum Gasteiger partial charge on any atom is 0.239 e. The molecule has 2 aliphatic carbocycles. The van der Waals surface area contributed by atoms with E-state index >= 15 is 0 Å². The van der Waals surface area contributed by atoms with E-state index in [0.717, 1.165) is 17.3 Å². The minimum absolute atomic E-state index is 0.0823. The summed E-state index contributed by atoms with van der Waals surface area (Å²) in [6.45, 7) is 4.14. The molecule has 0 radical (unpaired) electrons. The Morgan fingerprint density at radius 3 is 2.53 bits per heavy atom. The molecule has 4 atom stereocenters. The molecule has 4 fully saturated rings. The number of alkyl halides is 2. The summed E-state index contributed by atoms with van der Waals surface area (Å²) in [6.07, 6.45) is 1.69. The topological polar surface area (TPSA) is 49.7 Å². The lowest BCUT2D eigenvalue weighted by molar-refractivity contribution is 0.0704. The molecular formula is C10H13Cl2NO3S. The zero-order valence-corrected chi connectivity index (χ0v) is 11.9. The third kappa shape index (κ3) is 0.778. The summed E-state index contributed by atoms with van der Waals surface area (Å²) < 4.78 is 24.1. The summed E-state index contributed by atoms with van der Waals surface area (Å²) >= 11 is 13.0. The van der Waals surface area contributed by atoms with Gasteiger partial charge in [0, 0.05) is 11.3 Å². The Bertz CT molecular complexity index is 538. The van der Waals surface area contributed by atoms with Crippen LogP contribution in [0.15, 0.2) is 0 Å². The fourth-order valence-electron chi connectivity index (χ4n) is 4.73. The second-order valence-electron chi connectivity index (χ2n) is 6.24. The highest BCUT2D eigenvalue weighted by atomic mass is 35.5. The maximum atomic E-state index is 12.1. The molecule has 4 rings (SSSR count). The zero-order valence-electron chi connectivity index (χ0n) is 9.53. The minimum Gasteiger partial charge on any atom is -0.251 e. The van der Waals surface area contributed by atoms with Gasteiger partial charge in [-0.15, -0.1) is 0 Å². The van der Waals surface area contributed by atoms with E-state index in [9.17, 15) is 8.42 Å².